The van der Waals surface area contributed by atoms with Crippen LogP contribution >= 0.6 is 12.6 Å². The van der Waals surface area contributed by atoms with Crippen LogP contribution in [0, 0.1) is 0 Å². The van der Waals surface area contributed by atoms with E-state index in [2.05, 4.69) is 132 Å². The Hall–Kier alpha value is -6.17. The normalized spacial score (nSPS) is 11.6. The summed E-state index contributed by atoms with van der Waals surface area (Å²) in [5.74, 6) is 1.42. The molecule has 0 radical (unpaired) electrons. The van der Waals surface area contributed by atoms with E-state index >= 15 is 0 Å². The minimum Gasteiger partial charge on any atom is -0.373 e. The maximum atomic E-state index is 5.02. The molecule has 0 saturated heterocycles. The van der Waals surface area contributed by atoms with Crippen molar-refractivity contribution in [3.63, 3.8) is 0 Å². The van der Waals surface area contributed by atoms with Gasteiger partial charge >= 0.3 is 0 Å². The first-order valence-corrected chi connectivity index (χ1v) is 17.5. The highest BCUT2D eigenvalue weighted by molar-refractivity contribution is 7.80. The van der Waals surface area contributed by atoms with E-state index in [1.165, 1.54) is 0 Å². The summed E-state index contributed by atoms with van der Waals surface area (Å²) in [7, 11) is 1.89. The standard InChI is InChI=1S/C46H38N4S/c1-47-45(36-20-12-5-13-21-36)50-46(48-32-33-14-6-2-7-15-33)37-22-26-40(27-23-37)49-43-28-24-38(30-41(43)34-16-8-3-9-17-34)39-25-29-44(51)42(31-39)35-18-10-4-11-19-35/h2-31,49,51H,32H2,1H3,(H,47,48,50). The predicted molar refractivity (Wildman–Crippen MR) is 218 cm³/mol. The topological polar surface area (TPSA) is 48.8 Å². The van der Waals surface area contributed by atoms with Gasteiger partial charge in [0.2, 0.25) is 0 Å². The number of hydrogen-bond donors (Lipinski definition) is 3. The first-order valence-electron chi connectivity index (χ1n) is 17.0. The number of hydrogen-bond acceptors (Lipinski definition) is 3. The van der Waals surface area contributed by atoms with Gasteiger partial charge < -0.3 is 10.6 Å². The highest BCUT2D eigenvalue weighted by Crippen LogP contribution is 2.37. The maximum absolute atomic E-state index is 5.02. The van der Waals surface area contributed by atoms with Crippen molar-refractivity contribution in [2.45, 2.75) is 11.4 Å². The number of nitrogens with one attached hydrogen (secondary N) is 2. The number of nitrogens with zero attached hydrogens (tertiary/aromatic N) is 2. The molecule has 0 heterocycles. The van der Waals surface area contributed by atoms with Crippen molar-refractivity contribution in [3.8, 4) is 33.4 Å². The average Bonchev–Trinajstić information content (AvgIpc) is 3.20. The second-order valence-electron chi connectivity index (χ2n) is 12.1. The Bertz CT molecular complexity index is 2270. The molecule has 5 heteroatoms. The Kier molecular flexibility index (Phi) is 10.5. The van der Waals surface area contributed by atoms with Crippen molar-refractivity contribution >= 4 is 35.7 Å². The molecule has 0 aromatic heterocycles. The Morgan fingerprint density at radius 1 is 0.529 bits per heavy atom. The Morgan fingerprint density at radius 2 is 1.08 bits per heavy atom. The van der Waals surface area contributed by atoms with Gasteiger partial charge in [0.05, 0.1) is 6.54 Å². The zero-order valence-corrected chi connectivity index (χ0v) is 29.3. The maximum Gasteiger partial charge on any atom is 0.157 e. The third-order valence-corrected chi connectivity index (χ3v) is 9.09. The van der Waals surface area contributed by atoms with Gasteiger partial charge in [0.25, 0.3) is 0 Å². The second-order valence-corrected chi connectivity index (χ2v) is 12.6. The zero-order chi connectivity index (χ0) is 34.8. The highest BCUT2D eigenvalue weighted by Gasteiger charge is 2.12. The van der Waals surface area contributed by atoms with Crippen LogP contribution in [-0.4, -0.2) is 18.7 Å². The Labute approximate surface area is 305 Å². The van der Waals surface area contributed by atoms with Crippen LogP contribution in [0.5, 0.6) is 0 Å². The lowest BCUT2D eigenvalue weighted by molar-refractivity contribution is 1.06. The van der Waals surface area contributed by atoms with Crippen LogP contribution in [0.25, 0.3) is 33.4 Å². The van der Waals surface area contributed by atoms with Crippen LogP contribution in [0.3, 0.4) is 0 Å². The Morgan fingerprint density at radius 3 is 1.71 bits per heavy atom. The molecule has 0 amide bonds. The summed E-state index contributed by atoms with van der Waals surface area (Å²) in [5.41, 5.74) is 11.8. The predicted octanol–water partition coefficient (Wildman–Crippen LogP) is 11.3. The summed E-state index contributed by atoms with van der Waals surface area (Å²) in [4.78, 5) is 11.0. The fourth-order valence-electron chi connectivity index (χ4n) is 6.02. The van der Waals surface area contributed by atoms with Crippen LogP contribution in [0.1, 0.15) is 16.7 Å². The van der Waals surface area contributed by atoms with E-state index in [4.69, 9.17) is 22.6 Å². The van der Waals surface area contributed by atoms with Gasteiger partial charge in [-0.1, -0.05) is 133 Å². The van der Waals surface area contributed by atoms with Crippen LogP contribution in [-0.2, 0) is 6.54 Å². The van der Waals surface area contributed by atoms with Crippen LogP contribution in [0.4, 0.5) is 11.4 Å². The Balaban J connectivity index is 1.21. The van der Waals surface area contributed by atoms with E-state index in [1.54, 1.807) is 0 Å². The minimum absolute atomic E-state index is 0.530. The van der Waals surface area contributed by atoms with Crippen molar-refractivity contribution in [2.24, 2.45) is 9.98 Å². The van der Waals surface area contributed by atoms with Crippen molar-refractivity contribution in [1.29, 1.82) is 0 Å². The van der Waals surface area contributed by atoms with E-state index in [9.17, 15) is 0 Å². The summed E-state index contributed by atoms with van der Waals surface area (Å²) >= 11 is 4.78. The second kappa shape index (κ2) is 16.0. The molecule has 0 spiro atoms. The molecule has 0 atom stereocenters. The summed E-state index contributed by atoms with van der Waals surface area (Å²) < 4.78 is 0. The van der Waals surface area contributed by atoms with Gasteiger partial charge in [-0.25, -0.2) is 4.99 Å². The molecular formula is C46H38N4S. The fraction of sp³-hybridized carbons (Fsp3) is 0.0435. The molecule has 0 unspecified atom stereocenters. The molecule has 7 rings (SSSR count). The molecule has 0 aliphatic rings. The molecular weight excluding hydrogens is 641 g/mol. The summed E-state index contributed by atoms with van der Waals surface area (Å²) in [6.45, 7) is 0.530. The SMILES string of the molecule is CNC(=NC(=NCc1ccccc1)c1ccc(Nc2ccc(-c3ccc(S)c(-c4ccccc4)c3)cc2-c2ccccc2)cc1)c1ccccc1. The molecule has 248 valence electrons. The van der Waals surface area contributed by atoms with Crippen molar-refractivity contribution in [1.82, 2.24) is 5.32 Å². The number of thiol groups is 1. The van der Waals surface area contributed by atoms with Crippen molar-refractivity contribution < 1.29 is 0 Å². The summed E-state index contributed by atoms with van der Waals surface area (Å²) in [6, 6.07) is 62.7. The first-order chi connectivity index (χ1) is 25.1. The zero-order valence-electron chi connectivity index (χ0n) is 28.4. The summed E-state index contributed by atoms with van der Waals surface area (Å²) in [5, 5.41) is 6.96. The molecule has 0 fully saturated rings. The van der Waals surface area contributed by atoms with E-state index < -0.39 is 0 Å². The van der Waals surface area contributed by atoms with E-state index in [0.29, 0.717) is 12.4 Å². The fourth-order valence-corrected chi connectivity index (χ4v) is 6.29. The molecule has 4 nitrogen and oxygen atoms in total. The van der Waals surface area contributed by atoms with Gasteiger partial charge in [0, 0.05) is 40.0 Å². The largest absolute Gasteiger partial charge is 0.373 e. The van der Waals surface area contributed by atoms with Crippen LogP contribution < -0.4 is 10.6 Å². The number of benzene rings is 7. The van der Waals surface area contributed by atoms with Crippen molar-refractivity contribution in [3.05, 3.63) is 199 Å². The lowest BCUT2D eigenvalue weighted by Gasteiger charge is -2.16. The molecule has 0 aliphatic heterocycles. The molecule has 0 saturated carbocycles. The molecule has 0 bridgehead atoms. The molecule has 0 aliphatic carbocycles. The van der Waals surface area contributed by atoms with Gasteiger partial charge in [-0.05, 0) is 81.9 Å². The van der Waals surface area contributed by atoms with E-state index in [0.717, 1.165) is 72.2 Å². The number of anilines is 2. The third-order valence-electron chi connectivity index (χ3n) is 8.70. The smallest absolute Gasteiger partial charge is 0.157 e. The lowest BCUT2D eigenvalue weighted by Crippen LogP contribution is -2.21. The lowest BCUT2D eigenvalue weighted by atomic mass is 9.95. The summed E-state index contributed by atoms with van der Waals surface area (Å²) in [6.07, 6.45) is 0. The van der Waals surface area contributed by atoms with Crippen molar-refractivity contribution in [2.75, 3.05) is 12.4 Å². The van der Waals surface area contributed by atoms with Gasteiger partial charge in [0.1, 0.15) is 5.84 Å². The quantitative estimate of drug-likeness (QED) is 0.0808. The van der Waals surface area contributed by atoms with E-state index in [-0.39, 0.29) is 0 Å². The molecule has 7 aromatic carbocycles. The third kappa shape index (κ3) is 8.18. The first kappa shape index (κ1) is 33.3. The van der Waals surface area contributed by atoms with Gasteiger partial charge in [0.15, 0.2) is 5.84 Å². The van der Waals surface area contributed by atoms with Gasteiger partial charge in [-0.15, -0.1) is 12.6 Å². The molecule has 7 aromatic rings. The van der Waals surface area contributed by atoms with Crippen LogP contribution in [0.2, 0.25) is 0 Å². The minimum atomic E-state index is 0.530. The van der Waals surface area contributed by atoms with E-state index in [1.807, 2.05) is 67.7 Å². The number of aliphatic imine (C=N–C) groups is 2. The van der Waals surface area contributed by atoms with Crippen LogP contribution in [0.15, 0.2) is 197 Å². The highest BCUT2D eigenvalue weighted by atomic mass is 32.1. The number of amidine groups is 2. The monoisotopic (exact) mass is 678 g/mol. The van der Waals surface area contributed by atoms with Gasteiger partial charge in [-0.2, -0.15) is 0 Å². The average molecular weight is 679 g/mol. The molecule has 51 heavy (non-hydrogen) atoms. The molecule has 2 N–H and O–H groups in total. The van der Waals surface area contributed by atoms with Gasteiger partial charge in [-0.3, -0.25) is 4.99 Å². The number of rotatable bonds is 9.